The van der Waals surface area contributed by atoms with Crippen LogP contribution < -0.4 is 0 Å². The molecule has 0 spiro atoms. The Morgan fingerprint density at radius 2 is 2.00 bits per heavy atom. The van der Waals surface area contributed by atoms with Crippen LogP contribution in [0.4, 0.5) is 13.2 Å². The predicted molar refractivity (Wildman–Crippen MR) is 33.3 cm³/mol. The zero-order chi connectivity index (χ0) is 7.33. The van der Waals surface area contributed by atoms with Gasteiger partial charge in [-0.2, -0.15) is 13.2 Å². The van der Waals surface area contributed by atoms with Gasteiger partial charge in [0.05, 0.1) is 0 Å². The lowest BCUT2D eigenvalue weighted by molar-refractivity contribution is -0.0327. The molecule has 0 saturated carbocycles. The Labute approximate surface area is 56.1 Å². The molecule has 9 heavy (non-hydrogen) atoms. The molecule has 0 N–H and O–H groups in total. The number of rotatable bonds is 3. The zero-order valence-electron chi connectivity index (χ0n) is 4.74. The maximum atomic E-state index is 11.3. The van der Waals surface area contributed by atoms with Crippen molar-refractivity contribution in [1.29, 1.82) is 0 Å². The van der Waals surface area contributed by atoms with E-state index < -0.39 is 5.51 Å². The second kappa shape index (κ2) is 3.82. The Kier molecular flexibility index (Phi) is 3.77. The van der Waals surface area contributed by atoms with Crippen molar-refractivity contribution < 1.29 is 13.2 Å². The fourth-order valence-electron chi connectivity index (χ4n) is 0.258. The van der Waals surface area contributed by atoms with Gasteiger partial charge in [-0.05, 0) is 6.42 Å². The number of alkyl halides is 3. The molecule has 0 amide bonds. The molecule has 0 rings (SSSR count). The van der Waals surface area contributed by atoms with Gasteiger partial charge in [0, 0.05) is 5.75 Å². The monoisotopic (exact) mass is 156 g/mol. The Morgan fingerprint density at radius 1 is 1.44 bits per heavy atom. The van der Waals surface area contributed by atoms with Gasteiger partial charge in [0.1, 0.15) is 0 Å². The summed E-state index contributed by atoms with van der Waals surface area (Å²) in [6.07, 6.45) is 1.88. The fraction of sp³-hybridized carbons (Fsp3) is 0.600. The van der Waals surface area contributed by atoms with Crippen molar-refractivity contribution >= 4 is 11.8 Å². The highest BCUT2D eigenvalue weighted by Crippen LogP contribution is 2.30. The second-order valence-corrected chi connectivity index (χ2v) is 2.53. The maximum absolute atomic E-state index is 11.3. The smallest absolute Gasteiger partial charge is 0.160 e. The molecular formula is C5H7F3S. The van der Waals surface area contributed by atoms with E-state index in [0.29, 0.717) is 6.42 Å². The average Bonchev–Trinajstić information content (AvgIpc) is 1.63. The maximum Gasteiger partial charge on any atom is 0.441 e. The van der Waals surface area contributed by atoms with Crippen LogP contribution in [-0.2, 0) is 0 Å². The molecule has 0 heterocycles. The van der Waals surface area contributed by atoms with E-state index in [1.807, 2.05) is 0 Å². The Morgan fingerprint density at radius 3 is 2.33 bits per heavy atom. The number of thioether (sulfide) groups is 1. The van der Waals surface area contributed by atoms with Gasteiger partial charge in [-0.25, -0.2) is 0 Å². The molecule has 0 bridgehead atoms. The second-order valence-electron chi connectivity index (χ2n) is 1.37. The van der Waals surface area contributed by atoms with Crippen molar-refractivity contribution in [3.05, 3.63) is 12.7 Å². The largest absolute Gasteiger partial charge is 0.441 e. The van der Waals surface area contributed by atoms with Crippen LogP contribution in [0.3, 0.4) is 0 Å². The Balaban J connectivity index is 3.17. The summed E-state index contributed by atoms with van der Waals surface area (Å²) in [6, 6.07) is 0. The molecule has 0 aliphatic rings. The molecule has 0 aliphatic heterocycles. The van der Waals surface area contributed by atoms with Crippen LogP contribution in [0, 0.1) is 0 Å². The van der Waals surface area contributed by atoms with Gasteiger partial charge < -0.3 is 0 Å². The molecule has 0 unspecified atom stereocenters. The molecule has 0 fully saturated rings. The summed E-state index contributed by atoms with van der Waals surface area (Å²) < 4.78 is 33.9. The molecular weight excluding hydrogens is 149 g/mol. The van der Waals surface area contributed by atoms with Crippen molar-refractivity contribution in [1.82, 2.24) is 0 Å². The summed E-state index contributed by atoms with van der Waals surface area (Å²) in [5.41, 5.74) is -4.08. The summed E-state index contributed by atoms with van der Waals surface area (Å²) in [6.45, 7) is 3.30. The first-order chi connectivity index (χ1) is 4.06. The molecule has 0 aromatic carbocycles. The Bertz CT molecular complexity index is 86.7. The van der Waals surface area contributed by atoms with Gasteiger partial charge in [-0.15, -0.1) is 6.58 Å². The summed E-state index contributed by atoms with van der Waals surface area (Å²) >= 11 is -0.0131. The molecule has 4 heteroatoms. The number of allylic oxidation sites excluding steroid dienone is 1. The first-order valence-corrected chi connectivity index (χ1v) is 3.36. The molecule has 0 atom stereocenters. The summed E-state index contributed by atoms with van der Waals surface area (Å²) in [7, 11) is 0. The fourth-order valence-corrected chi connectivity index (χ4v) is 0.774. The van der Waals surface area contributed by atoms with E-state index in [0.717, 1.165) is 0 Å². The van der Waals surface area contributed by atoms with E-state index in [1.165, 1.54) is 6.08 Å². The van der Waals surface area contributed by atoms with E-state index in [1.54, 1.807) is 0 Å². The van der Waals surface area contributed by atoms with Crippen LogP contribution in [0.2, 0.25) is 0 Å². The van der Waals surface area contributed by atoms with Gasteiger partial charge in [0.2, 0.25) is 0 Å². The number of hydrogen-bond donors (Lipinski definition) is 0. The van der Waals surface area contributed by atoms with Crippen molar-refractivity contribution in [2.24, 2.45) is 0 Å². The van der Waals surface area contributed by atoms with E-state index in [9.17, 15) is 13.2 Å². The Hall–Kier alpha value is -0.120. The number of hydrogen-bond acceptors (Lipinski definition) is 1. The van der Waals surface area contributed by atoms with Crippen molar-refractivity contribution in [2.75, 3.05) is 5.75 Å². The first-order valence-electron chi connectivity index (χ1n) is 2.38. The van der Waals surface area contributed by atoms with Crippen molar-refractivity contribution in [2.45, 2.75) is 11.9 Å². The molecule has 0 aromatic rings. The van der Waals surface area contributed by atoms with Gasteiger partial charge in [0.25, 0.3) is 0 Å². The van der Waals surface area contributed by atoms with Crippen LogP contribution in [-0.4, -0.2) is 11.3 Å². The molecule has 0 aromatic heterocycles. The topological polar surface area (TPSA) is 0 Å². The van der Waals surface area contributed by atoms with Crippen LogP contribution in [0.1, 0.15) is 6.42 Å². The van der Waals surface area contributed by atoms with Crippen LogP contribution in [0.5, 0.6) is 0 Å². The third-order valence-corrected chi connectivity index (χ3v) is 1.35. The SMILES string of the molecule is C=CCCSC(F)(F)F. The normalized spacial score (nSPS) is 11.4. The highest BCUT2D eigenvalue weighted by atomic mass is 32.2. The summed E-state index contributed by atoms with van der Waals surface area (Å²) in [4.78, 5) is 0. The van der Waals surface area contributed by atoms with E-state index in [4.69, 9.17) is 0 Å². The standard InChI is InChI=1S/C5H7F3S/c1-2-3-4-9-5(6,7)8/h2H,1,3-4H2. The predicted octanol–water partition coefficient (Wildman–Crippen LogP) is 2.82. The number of halogens is 3. The summed E-state index contributed by atoms with van der Waals surface area (Å²) in [5.74, 6) is 0.0764. The third-order valence-electron chi connectivity index (χ3n) is 0.588. The van der Waals surface area contributed by atoms with E-state index >= 15 is 0 Å². The molecule has 54 valence electrons. The molecule has 0 saturated heterocycles. The minimum Gasteiger partial charge on any atom is -0.160 e. The minimum absolute atomic E-state index is 0.0131. The van der Waals surface area contributed by atoms with Crippen LogP contribution >= 0.6 is 11.8 Å². The van der Waals surface area contributed by atoms with Crippen LogP contribution in [0.15, 0.2) is 12.7 Å². The third kappa shape index (κ3) is 7.88. The van der Waals surface area contributed by atoms with Gasteiger partial charge in [0.15, 0.2) is 0 Å². The van der Waals surface area contributed by atoms with Gasteiger partial charge in [-0.3, -0.25) is 0 Å². The van der Waals surface area contributed by atoms with E-state index in [2.05, 4.69) is 6.58 Å². The van der Waals surface area contributed by atoms with Gasteiger partial charge >= 0.3 is 5.51 Å². The van der Waals surface area contributed by atoms with Crippen LogP contribution in [0.25, 0.3) is 0 Å². The lowest BCUT2D eigenvalue weighted by Crippen LogP contribution is -2.00. The molecule has 0 radical (unpaired) electrons. The highest BCUT2D eigenvalue weighted by Gasteiger charge is 2.26. The van der Waals surface area contributed by atoms with Crippen molar-refractivity contribution in [3.8, 4) is 0 Å². The lowest BCUT2D eigenvalue weighted by atomic mass is 10.5. The highest BCUT2D eigenvalue weighted by molar-refractivity contribution is 8.00. The summed E-state index contributed by atoms with van der Waals surface area (Å²) in [5, 5.41) is 0. The van der Waals surface area contributed by atoms with Crippen molar-refractivity contribution in [3.63, 3.8) is 0 Å². The first kappa shape index (κ1) is 8.88. The molecule has 0 aliphatic carbocycles. The van der Waals surface area contributed by atoms with E-state index in [-0.39, 0.29) is 17.5 Å². The lowest BCUT2D eigenvalue weighted by Gasteiger charge is -2.01. The molecule has 0 nitrogen and oxygen atoms in total. The quantitative estimate of drug-likeness (QED) is 0.447. The van der Waals surface area contributed by atoms with Gasteiger partial charge in [-0.1, -0.05) is 17.8 Å². The average molecular weight is 156 g/mol. The zero-order valence-corrected chi connectivity index (χ0v) is 5.56. The minimum atomic E-state index is -4.08.